The van der Waals surface area contributed by atoms with Gasteiger partial charge in [-0.1, -0.05) is 23.7 Å². The van der Waals surface area contributed by atoms with Crippen molar-refractivity contribution in [1.82, 2.24) is 15.1 Å². The summed E-state index contributed by atoms with van der Waals surface area (Å²) in [6.45, 7) is 4.01. The quantitative estimate of drug-likeness (QED) is 0.807. The molecule has 0 radical (unpaired) electrons. The Morgan fingerprint density at radius 2 is 2.25 bits per heavy atom. The highest BCUT2D eigenvalue weighted by molar-refractivity contribution is 6.32. The highest BCUT2D eigenvalue weighted by Crippen LogP contribution is 2.31. The fourth-order valence-corrected chi connectivity index (χ4v) is 3.65. The molecule has 3 rings (SSSR count). The molecule has 1 fully saturated rings. The molecule has 3 atom stereocenters. The predicted octanol–water partition coefficient (Wildman–Crippen LogP) is 2.86. The van der Waals surface area contributed by atoms with Crippen LogP contribution >= 0.6 is 11.6 Å². The molecule has 2 N–H and O–H groups in total. The summed E-state index contributed by atoms with van der Waals surface area (Å²) in [4.78, 5) is 0. The van der Waals surface area contributed by atoms with E-state index in [1.807, 2.05) is 42.1 Å². The molecule has 6 heteroatoms. The standard InChI is InChI=1S/C18H24ClN3O2/c1-2-24-18-14(5-3-6-15(18)19)11-20-16-9-13(10-17(16)23)12-22-8-4-7-21-22/h3-8,13,16-17,20,23H,2,9-12H2,1H3/t13?,16-,17-/m1/s1. The number of para-hydroxylation sites is 1. The number of hydrogen-bond donors (Lipinski definition) is 2. The molecule has 1 aromatic heterocycles. The third-order valence-corrected chi connectivity index (χ3v) is 4.82. The number of benzene rings is 1. The largest absolute Gasteiger partial charge is 0.492 e. The molecule has 0 aliphatic heterocycles. The first-order valence-electron chi connectivity index (χ1n) is 8.46. The van der Waals surface area contributed by atoms with Gasteiger partial charge in [0.05, 0.1) is 17.7 Å². The third-order valence-electron chi connectivity index (χ3n) is 4.52. The molecular weight excluding hydrogens is 326 g/mol. The molecule has 1 saturated carbocycles. The lowest BCUT2D eigenvalue weighted by Crippen LogP contribution is -2.35. The van der Waals surface area contributed by atoms with E-state index in [0.717, 1.165) is 30.7 Å². The molecule has 0 spiro atoms. The molecule has 5 nitrogen and oxygen atoms in total. The second-order valence-corrected chi connectivity index (χ2v) is 6.69. The minimum atomic E-state index is -0.333. The predicted molar refractivity (Wildman–Crippen MR) is 94.2 cm³/mol. The van der Waals surface area contributed by atoms with Crippen molar-refractivity contribution in [1.29, 1.82) is 0 Å². The lowest BCUT2D eigenvalue weighted by atomic mass is 10.1. The summed E-state index contributed by atoms with van der Waals surface area (Å²) in [5.74, 6) is 1.16. The summed E-state index contributed by atoms with van der Waals surface area (Å²) in [5, 5.41) is 18.7. The van der Waals surface area contributed by atoms with Crippen LogP contribution in [0.1, 0.15) is 25.3 Å². The van der Waals surface area contributed by atoms with Crippen LogP contribution in [0.25, 0.3) is 0 Å². The number of aliphatic hydroxyl groups is 1. The Kier molecular flexibility index (Phi) is 5.76. The zero-order chi connectivity index (χ0) is 16.9. The van der Waals surface area contributed by atoms with E-state index in [4.69, 9.17) is 16.3 Å². The second-order valence-electron chi connectivity index (χ2n) is 6.28. The van der Waals surface area contributed by atoms with Gasteiger partial charge in [-0.05, 0) is 37.8 Å². The van der Waals surface area contributed by atoms with E-state index in [1.165, 1.54) is 0 Å². The minimum Gasteiger partial charge on any atom is -0.492 e. The van der Waals surface area contributed by atoms with E-state index >= 15 is 0 Å². The molecule has 24 heavy (non-hydrogen) atoms. The van der Waals surface area contributed by atoms with E-state index in [1.54, 1.807) is 6.20 Å². The van der Waals surface area contributed by atoms with Gasteiger partial charge in [-0.25, -0.2) is 0 Å². The fourth-order valence-electron chi connectivity index (χ4n) is 3.40. The van der Waals surface area contributed by atoms with Crippen LogP contribution in [0, 0.1) is 5.92 Å². The molecule has 1 aliphatic rings. The van der Waals surface area contributed by atoms with Gasteiger partial charge in [0.15, 0.2) is 0 Å². The number of nitrogens with zero attached hydrogens (tertiary/aromatic N) is 2. The summed E-state index contributed by atoms with van der Waals surface area (Å²) >= 11 is 6.22. The van der Waals surface area contributed by atoms with Crippen LogP contribution in [0.5, 0.6) is 5.75 Å². The molecule has 1 unspecified atom stereocenters. The van der Waals surface area contributed by atoms with E-state index in [2.05, 4.69) is 10.4 Å². The van der Waals surface area contributed by atoms with Crippen LogP contribution in [0.15, 0.2) is 36.7 Å². The lowest BCUT2D eigenvalue weighted by Gasteiger charge is -2.18. The zero-order valence-corrected chi connectivity index (χ0v) is 14.6. The molecule has 1 aromatic carbocycles. The Morgan fingerprint density at radius 1 is 1.38 bits per heavy atom. The van der Waals surface area contributed by atoms with E-state index in [9.17, 15) is 5.11 Å². The van der Waals surface area contributed by atoms with Gasteiger partial charge in [-0.15, -0.1) is 0 Å². The summed E-state index contributed by atoms with van der Waals surface area (Å²) in [6, 6.07) is 7.77. The Balaban J connectivity index is 1.58. The lowest BCUT2D eigenvalue weighted by molar-refractivity contribution is 0.145. The number of ether oxygens (including phenoxy) is 1. The van der Waals surface area contributed by atoms with Crippen LogP contribution in [0.4, 0.5) is 0 Å². The van der Waals surface area contributed by atoms with Crippen molar-refractivity contribution in [2.24, 2.45) is 5.92 Å². The van der Waals surface area contributed by atoms with E-state index in [0.29, 0.717) is 24.1 Å². The monoisotopic (exact) mass is 349 g/mol. The maximum absolute atomic E-state index is 10.3. The number of hydrogen-bond acceptors (Lipinski definition) is 4. The average molecular weight is 350 g/mol. The molecule has 0 bridgehead atoms. The molecule has 2 aromatic rings. The smallest absolute Gasteiger partial charge is 0.142 e. The fraction of sp³-hybridized carbons (Fsp3) is 0.500. The van der Waals surface area contributed by atoms with Crippen molar-refractivity contribution < 1.29 is 9.84 Å². The normalized spacial score (nSPS) is 23.5. The van der Waals surface area contributed by atoms with Crippen LogP contribution < -0.4 is 10.1 Å². The van der Waals surface area contributed by atoms with E-state index < -0.39 is 0 Å². The van der Waals surface area contributed by atoms with Crippen LogP contribution in [0.2, 0.25) is 5.02 Å². The maximum atomic E-state index is 10.3. The van der Waals surface area contributed by atoms with Crippen LogP contribution in [0.3, 0.4) is 0 Å². The first kappa shape index (κ1) is 17.3. The topological polar surface area (TPSA) is 59.3 Å². The number of rotatable bonds is 7. The van der Waals surface area contributed by atoms with Gasteiger partial charge in [0, 0.05) is 37.1 Å². The zero-order valence-electron chi connectivity index (χ0n) is 13.9. The van der Waals surface area contributed by atoms with Gasteiger partial charge in [0.1, 0.15) is 5.75 Å². The third kappa shape index (κ3) is 4.09. The maximum Gasteiger partial charge on any atom is 0.142 e. The highest BCUT2D eigenvalue weighted by atomic mass is 35.5. The molecule has 1 heterocycles. The SMILES string of the molecule is CCOc1c(Cl)cccc1CN[C@@H]1CC(Cn2cccn2)C[C@H]1O. The minimum absolute atomic E-state index is 0.0824. The molecule has 0 amide bonds. The first-order chi connectivity index (χ1) is 11.7. The average Bonchev–Trinajstić information content (AvgIpc) is 3.18. The number of aromatic nitrogens is 2. The second kappa shape index (κ2) is 8.01. The summed E-state index contributed by atoms with van der Waals surface area (Å²) in [5.41, 5.74) is 1.02. The van der Waals surface area contributed by atoms with Crippen LogP contribution in [-0.4, -0.2) is 33.6 Å². The molecule has 0 saturated heterocycles. The van der Waals surface area contributed by atoms with Gasteiger partial charge in [0.2, 0.25) is 0 Å². The Morgan fingerprint density at radius 3 is 3.00 bits per heavy atom. The number of nitrogens with one attached hydrogen (secondary N) is 1. The van der Waals surface area contributed by atoms with Crippen molar-refractivity contribution in [3.63, 3.8) is 0 Å². The number of halogens is 1. The van der Waals surface area contributed by atoms with Crippen molar-refractivity contribution >= 4 is 11.6 Å². The Bertz CT molecular complexity index is 648. The van der Waals surface area contributed by atoms with Gasteiger partial charge >= 0.3 is 0 Å². The van der Waals surface area contributed by atoms with Crippen molar-refractivity contribution in [2.45, 2.75) is 45.0 Å². The highest BCUT2D eigenvalue weighted by Gasteiger charge is 2.32. The van der Waals surface area contributed by atoms with Crippen molar-refractivity contribution in [2.75, 3.05) is 6.61 Å². The number of aliphatic hydroxyl groups excluding tert-OH is 1. The van der Waals surface area contributed by atoms with Gasteiger partial charge in [-0.2, -0.15) is 5.10 Å². The van der Waals surface area contributed by atoms with Gasteiger partial charge < -0.3 is 15.2 Å². The molecular formula is C18H24ClN3O2. The van der Waals surface area contributed by atoms with Crippen molar-refractivity contribution in [3.8, 4) is 5.75 Å². The van der Waals surface area contributed by atoms with Crippen LogP contribution in [-0.2, 0) is 13.1 Å². The summed E-state index contributed by atoms with van der Waals surface area (Å²) in [7, 11) is 0. The first-order valence-corrected chi connectivity index (χ1v) is 8.84. The van der Waals surface area contributed by atoms with Gasteiger partial charge in [0.25, 0.3) is 0 Å². The Hall–Kier alpha value is -1.56. The molecule has 1 aliphatic carbocycles. The van der Waals surface area contributed by atoms with E-state index in [-0.39, 0.29) is 12.1 Å². The van der Waals surface area contributed by atoms with Gasteiger partial charge in [-0.3, -0.25) is 4.68 Å². The van der Waals surface area contributed by atoms with Crippen molar-refractivity contribution in [3.05, 3.63) is 47.2 Å². The Labute approximate surface area is 147 Å². The summed E-state index contributed by atoms with van der Waals surface area (Å²) in [6.07, 6.45) is 5.15. The summed E-state index contributed by atoms with van der Waals surface area (Å²) < 4.78 is 7.59. The molecule has 130 valence electrons.